The summed E-state index contributed by atoms with van der Waals surface area (Å²) < 4.78 is 11.0. The van der Waals surface area contributed by atoms with Crippen LogP contribution in [-0.4, -0.2) is 43.0 Å². The Morgan fingerprint density at radius 3 is 2.42 bits per heavy atom. The zero-order valence-electron chi connectivity index (χ0n) is 18.4. The number of methoxy groups -OCH3 is 1. The van der Waals surface area contributed by atoms with Crippen molar-refractivity contribution in [2.75, 3.05) is 7.11 Å². The highest BCUT2D eigenvalue weighted by atomic mass is 16.5. The van der Waals surface area contributed by atoms with Crippen LogP contribution in [0.25, 0.3) is 6.08 Å². The average molecular weight is 427 g/mol. The smallest absolute Gasteiger partial charge is 0.331 e. The van der Waals surface area contributed by atoms with Gasteiger partial charge in [0.05, 0.1) is 19.1 Å². The number of carbonyl (C=O) groups is 3. The van der Waals surface area contributed by atoms with Crippen LogP contribution in [0.1, 0.15) is 39.2 Å². The number of aldehydes is 2. The van der Waals surface area contributed by atoms with Crippen LogP contribution in [0.5, 0.6) is 5.75 Å². The molecule has 2 aliphatic carbocycles. The predicted octanol–water partition coefficient (Wildman–Crippen LogP) is 3.38. The van der Waals surface area contributed by atoms with Gasteiger partial charge in [0.25, 0.3) is 0 Å². The summed E-state index contributed by atoms with van der Waals surface area (Å²) in [5, 5.41) is 10.9. The summed E-state index contributed by atoms with van der Waals surface area (Å²) >= 11 is 0. The zero-order chi connectivity index (χ0) is 22.8. The van der Waals surface area contributed by atoms with Crippen LogP contribution in [0.4, 0.5) is 0 Å². The molecule has 1 aromatic rings. The number of hydrogen-bond donors (Lipinski definition) is 1. The van der Waals surface area contributed by atoms with E-state index < -0.39 is 29.5 Å². The van der Waals surface area contributed by atoms with Crippen molar-refractivity contribution in [2.24, 2.45) is 22.7 Å². The minimum Gasteiger partial charge on any atom is -0.497 e. The molecule has 0 heterocycles. The molecule has 6 heteroatoms. The Bertz CT molecular complexity index is 897. The molecule has 1 unspecified atom stereocenters. The van der Waals surface area contributed by atoms with E-state index in [1.54, 1.807) is 25.3 Å². The zero-order valence-corrected chi connectivity index (χ0v) is 18.4. The molecule has 2 aliphatic rings. The van der Waals surface area contributed by atoms with Crippen LogP contribution in [-0.2, 0) is 19.1 Å². The van der Waals surface area contributed by atoms with E-state index in [0.717, 1.165) is 24.0 Å². The highest BCUT2D eigenvalue weighted by Crippen LogP contribution is 2.59. The van der Waals surface area contributed by atoms with Gasteiger partial charge in [-0.15, -0.1) is 0 Å². The Labute approximate surface area is 182 Å². The van der Waals surface area contributed by atoms with Crippen molar-refractivity contribution in [2.45, 2.75) is 45.8 Å². The minimum atomic E-state index is -0.896. The van der Waals surface area contributed by atoms with E-state index in [9.17, 15) is 19.5 Å². The van der Waals surface area contributed by atoms with Gasteiger partial charge in [-0.05, 0) is 48.1 Å². The quantitative estimate of drug-likeness (QED) is 0.426. The summed E-state index contributed by atoms with van der Waals surface area (Å²) in [6.07, 6.45) is 5.62. The second kappa shape index (κ2) is 8.79. The number of rotatable bonds is 6. The van der Waals surface area contributed by atoms with Gasteiger partial charge in [-0.2, -0.15) is 0 Å². The Kier molecular flexibility index (Phi) is 6.51. The molecule has 1 N–H and O–H groups in total. The summed E-state index contributed by atoms with van der Waals surface area (Å²) in [5.74, 6) is -0.891. The number of allylic oxidation sites excluding steroid dienone is 1. The van der Waals surface area contributed by atoms with Crippen molar-refractivity contribution in [1.29, 1.82) is 0 Å². The Morgan fingerprint density at radius 1 is 1.16 bits per heavy atom. The monoisotopic (exact) mass is 426 g/mol. The maximum absolute atomic E-state index is 12.6. The minimum absolute atomic E-state index is 0.244. The number of aliphatic hydroxyl groups is 1. The molecular weight excluding hydrogens is 396 g/mol. The average Bonchev–Trinajstić information content (AvgIpc) is 2.74. The second-order valence-corrected chi connectivity index (χ2v) is 9.29. The highest BCUT2D eigenvalue weighted by Gasteiger charge is 2.61. The van der Waals surface area contributed by atoms with Gasteiger partial charge in [0.2, 0.25) is 0 Å². The van der Waals surface area contributed by atoms with Crippen molar-refractivity contribution in [3.05, 3.63) is 47.6 Å². The van der Waals surface area contributed by atoms with Gasteiger partial charge >= 0.3 is 5.97 Å². The first-order valence-corrected chi connectivity index (χ1v) is 10.5. The molecule has 166 valence electrons. The lowest BCUT2D eigenvalue weighted by atomic mass is 9.47. The van der Waals surface area contributed by atoms with Crippen molar-refractivity contribution in [1.82, 2.24) is 0 Å². The number of aliphatic hydroxyl groups excluding tert-OH is 1. The third-order valence-corrected chi connectivity index (χ3v) is 7.05. The van der Waals surface area contributed by atoms with Gasteiger partial charge in [0, 0.05) is 23.0 Å². The largest absolute Gasteiger partial charge is 0.497 e. The number of hydrogen-bond acceptors (Lipinski definition) is 6. The van der Waals surface area contributed by atoms with E-state index in [1.807, 2.05) is 32.9 Å². The first kappa shape index (κ1) is 22.9. The third-order valence-electron chi connectivity index (χ3n) is 7.05. The topological polar surface area (TPSA) is 89.9 Å². The molecule has 0 amide bonds. The van der Waals surface area contributed by atoms with Crippen molar-refractivity contribution in [3.8, 4) is 5.75 Å². The second-order valence-electron chi connectivity index (χ2n) is 9.29. The van der Waals surface area contributed by atoms with E-state index in [1.165, 1.54) is 12.2 Å². The Hall–Kier alpha value is -2.73. The Morgan fingerprint density at radius 2 is 1.84 bits per heavy atom. The maximum Gasteiger partial charge on any atom is 0.331 e. The van der Waals surface area contributed by atoms with Crippen molar-refractivity contribution >= 4 is 24.6 Å². The number of benzene rings is 1. The maximum atomic E-state index is 12.6. The standard InChI is InChI=1S/C25H30O6/c1-24(2)12-11-21(25(3)19(15-27)17(14-26)13-20(28)23(24)25)31-22(29)10-7-16-5-8-18(30-4)9-6-16/h5-10,13-15,19-21,23,28H,11-12H2,1-4H3/b10-7+/t19?,20-,21+,23-,25-/m0/s1. The SMILES string of the molecule is COc1ccc(/C=C/C(=O)O[C@@H]2CCC(C)(C)[C@@H]3[C@@H](O)C=C(C=O)C(C=O)[C@@]23C)cc1. The lowest BCUT2D eigenvalue weighted by molar-refractivity contribution is -0.187. The van der Waals surface area contributed by atoms with Gasteiger partial charge in [-0.1, -0.05) is 32.9 Å². The number of fused-ring (bicyclic) bond motifs is 1. The van der Waals surface area contributed by atoms with Crippen LogP contribution in [0.2, 0.25) is 0 Å². The Balaban J connectivity index is 1.87. The first-order chi connectivity index (χ1) is 14.7. The summed E-state index contributed by atoms with van der Waals surface area (Å²) in [4.78, 5) is 36.3. The van der Waals surface area contributed by atoms with Gasteiger partial charge in [-0.3, -0.25) is 4.79 Å². The van der Waals surface area contributed by atoms with Crippen LogP contribution in [0.3, 0.4) is 0 Å². The van der Waals surface area contributed by atoms with Gasteiger partial charge in [0.15, 0.2) is 0 Å². The number of ether oxygens (including phenoxy) is 2. The molecule has 0 bridgehead atoms. The molecule has 1 aromatic carbocycles. The molecule has 0 aromatic heterocycles. The fourth-order valence-electron chi connectivity index (χ4n) is 5.57. The van der Waals surface area contributed by atoms with Crippen LogP contribution in [0, 0.1) is 22.7 Å². The highest BCUT2D eigenvalue weighted by molar-refractivity contribution is 5.87. The third kappa shape index (κ3) is 4.22. The lowest BCUT2D eigenvalue weighted by Gasteiger charge is -2.59. The first-order valence-electron chi connectivity index (χ1n) is 10.5. The molecule has 0 saturated heterocycles. The molecule has 0 aliphatic heterocycles. The lowest BCUT2D eigenvalue weighted by Crippen LogP contribution is -2.61. The molecular formula is C25H30O6. The van der Waals surface area contributed by atoms with Crippen LogP contribution < -0.4 is 4.74 Å². The van der Waals surface area contributed by atoms with Crippen LogP contribution >= 0.6 is 0 Å². The van der Waals surface area contributed by atoms with E-state index in [0.29, 0.717) is 12.7 Å². The molecule has 5 atom stereocenters. The number of esters is 1. The molecule has 6 nitrogen and oxygen atoms in total. The van der Waals surface area contributed by atoms with Gasteiger partial charge in [0.1, 0.15) is 24.4 Å². The van der Waals surface area contributed by atoms with E-state index in [4.69, 9.17) is 9.47 Å². The number of carbonyl (C=O) groups excluding carboxylic acids is 3. The van der Waals surface area contributed by atoms with Crippen molar-refractivity contribution in [3.63, 3.8) is 0 Å². The van der Waals surface area contributed by atoms with Crippen LogP contribution in [0.15, 0.2) is 42.0 Å². The van der Waals surface area contributed by atoms with E-state index in [2.05, 4.69) is 0 Å². The summed E-state index contributed by atoms with van der Waals surface area (Å²) in [5.41, 5.74) is -0.120. The van der Waals surface area contributed by atoms with E-state index in [-0.39, 0.29) is 16.9 Å². The molecule has 31 heavy (non-hydrogen) atoms. The molecule has 1 fully saturated rings. The summed E-state index contributed by atoms with van der Waals surface area (Å²) in [7, 11) is 1.58. The van der Waals surface area contributed by atoms with Crippen molar-refractivity contribution < 1.29 is 29.0 Å². The molecule has 3 rings (SSSR count). The molecule has 0 radical (unpaired) electrons. The summed E-state index contributed by atoms with van der Waals surface area (Å²) in [6.45, 7) is 5.94. The fourth-order valence-corrected chi connectivity index (χ4v) is 5.57. The van der Waals surface area contributed by atoms with Gasteiger partial charge in [-0.25, -0.2) is 4.79 Å². The fraction of sp³-hybridized carbons (Fsp3) is 0.480. The predicted molar refractivity (Wildman–Crippen MR) is 116 cm³/mol. The van der Waals surface area contributed by atoms with Gasteiger partial charge < -0.3 is 19.4 Å². The molecule has 1 saturated carbocycles. The summed E-state index contributed by atoms with van der Waals surface area (Å²) in [6, 6.07) is 7.24. The molecule has 0 spiro atoms. The normalized spacial score (nSPS) is 32.0. The van der Waals surface area contributed by atoms with E-state index >= 15 is 0 Å².